The average molecular weight is 512 g/mol. The van der Waals surface area contributed by atoms with E-state index in [0.29, 0.717) is 12.6 Å². The van der Waals surface area contributed by atoms with Gasteiger partial charge in [0.1, 0.15) is 12.6 Å². The maximum atomic E-state index is 8.87. The van der Waals surface area contributed by atoms with Crippen molar-refractivity contribution < 1.29 is 4.74 Å². The molecule has 0 saturated carbocycles. The van der Waals surface area contributed by atoms with E-state index in [0.717, 1.165) is 77.3 Å². The van der Waals surface area contributed by atoms with Gasteiger partial charge in [0.05, 0.1) is 11.7 Å². The largest absolute Gasteiger partial charge is 0.360 e. The number of hydrogen-bond donors (Lipinski definition) is 1. The lowest BCUT2D eigenvalue weighted by atomic mass is 9.98. The third kappa shape index (κ3) is 6.17. The number of amidine groups is 1. The lowest BCUT2D eigenvalue weighted by molar-refractivity contribution is 0.0786. The van der Waals surface area contributed by atoms with Gasteiger partial charge in [-0.3, -0.25) is 10.4 Å². The number of rotatable bonds is 8. The molecule has 0 unspecified atom stereocenters. The van der Waals surface area contributed by atoms with E-state index >= 15 is 0 Å². The van der Waals surface area contributed by atoms with Gasteiger partial charge in [-0.25, -0.2) is 4.68 Å². The summed E-state index contributed by atoms with van der Waals surface area (Å²) in [6.07, 6.45) is 9.35. The van der Waals surface area contributed by atoms with Crippen molar-refractivity contribution in [2.75, 3.05) is 19.7 Å². The predicted octanol–water partition coefficient (Wildman–Crippen LogP) is 6.89. The summed E-state index contributed by atoms with van der Waals surface area (Å²) in [6, 6.07) is 18.1. The van der Waals surface area contributed by atoms with E-state index < -0.39 is 8.07 Å². The molecular weight excluding hydrogens is 474 g/mol. The number of ether oxygens (including phenoxy) is 1. The van der Waals surface area contributed by atoms with Gasteiger partial charge in [0.25, 0.3) is 0 Å². The third-order valence-electron chi connectivity index (χ3n) is 7.07. The summed E-state index contributed by atoms with van der Waals surface area (Å²) in [4.78, 5) is 6.77. The Hall–Kier alpha value is -3.29. The lowest BCUT2D eigenvalue weighted by Gasteiger charge is -2.29. The third-order valence-corrected chi connectivity index (χ3v) is 8.78. The second-order valence-electron chi connectivity index (χ2n) is 11.2. The molecule has 6 nitrogen and oxygen atoms in total. The van der Waals surface area contributed by atoms with Crippen molar-refractivity contribution in [2.24, 2.45) is 0 Å². The Balaban J connectivity index is 1.31. The van der Waals surface area contributed by atoms with Gasteiger partial charge in [0.2, 0.25) is 0 Å². The maximum absolute atomic E-state index is 8.87. The first-order valence-corrected chi connectivity index (χ1v) is 17.0. The Morgan fingerprint density at radius 2 is 1.62 bits per heavy atom. The van der Waals surface area contributed by atoms with Crippen molar-refractivity contribution in [1.82, 2.24) is 19.7 Å². The molecule has 0 spiro atoms. The quantitative estimate of drug-likeness (QED) is 0.121. The van der Waals surface area contributed by atoms with Crippen molar-refractivity contribution in [3.63, 3.8) is 0 Å². The van der Waals surface area contributed by atoms with Gasteiger partial charge in [-0.05, 0) is 60.2 Å². The summed E-state index contributed by atoms with van der Waals surface area (Å²) in [6.45, 7) is 10.3. The van der Waals surface area contributed by atoms with Gasteiger partial charge in [-0.1, -0.05) is 50.0 Å². The SMILES string of the molecule is C[Si](C)(C)CCOCn1cc(-c2ccc(-c3ccc4nccc(C(=N)N5CCCCC5)c4c3)cc2)cn1. The van der Waals surface area contributed by atoms with Crippen molar-refractivity contribution in [3.05, 3.63) is 72.7 Å². The van der Waals surface area contributed by atoms with E-state index in [1.807, 2.05) is 29.3 Å². The number of nitrogens with one attached hydrogen (secondary N) is 1. The summed E-state index contributed by atoms with van der Waals surface area (Å²) in [5.41, 5.74) is 6.38. The van der Waals surface area contributed by atoms with Crippen LogP contribution < -0.4 is 0 Å². The van der Waals surface area contributed by atoms with Crippen molar-refractivity contribution in [2.45, 2.75) is 51.7 Å². The molecular formula is C30H37N5OSi. The molecule has 4 aromatic rings. The number of benzene rings is 2. The molecule has 2 aromatic heterocycles. The van der Waals surface area contributed by atoms with E-state index in [-0.39, 0.29) is 0 Å². The number of fused-ring (bicyclic) bond motifs is 1. The van der Waals surface area contributed by atoms with Crippen LogP contribution in [0.4, 0.5) is 0 Å². The molecule has 1 N–H and O–H groups in total. The Morgan fingerprint density at radius 1 is 0.919 bits per heavy atom. The first-order chi connectivity index (χ1) is 17.9. The van der Waals surface area contributed by atoms with Crippen LogP contribution in [-0.4, -0.2) is 53.3 Å². The molecule has 192 valence electrons. The highest BCUT2D eigenvalue weighted by molar-refractivity contribution is 6.76. The van der Waals surface area contributed by atoms with Crippen LogP contribution >= 0.6 is 0 Å². The molecule has 1 aliphatic rings. The number of nitrogens with zero attached hydrogens (tertiary/aromatic N) is 4. The second kappa shape index (κ2) is 11.0. The normalized spacial score (nSPS) is 14.3. The standard InChI is InChI=1S/C30H37N5OSi/c1-37(2,3)18-17-36-22-35-21-26(20-33-35)24-9-7-23(8-10-24)25-11-12-29-28(19-25)27(13-14-32-29)30(31)34-15-5-4-6-16-34/h7-14,19-21,31H,4-6,15-18,22H2,1-3H3. The molecule has 1 fully saturated rings. The lowest BCUT2D eigenvalue weighted by Crippen LogP contribution is -2.35. The molecule has 0 bridgehead atoms. The topological polar surface area (TPSA) is 67.0 Å². The van der Waals surface area contributed by atoms with E-state index in [1.54, 1.807) is 0 Å². The van der Waals surface area contributed by atoms with E-state index in [2.05, 4.69) is 77.1 Å². The van der Waals surface area contributed by atoms with Crippen LogP contribution in [0, 0.1) is 5.41 Å². The Bertz CT molecular complexity index is 1370. The summed E-state index contributed by atoms with van der Waals surface area (Å²) >= 11 is 0. The Kier molecular flexibility index (Phi) is 7.53. The van der Waals surface area contributed by atoms with Crippen LogP contribution in [-0.2, 0) is 11.5 Å². The van der Waals surface area contributed by atoms with Crippen LogP contribution in [0.5, 0.6) is 0 Å². The molecule has 1 saturated heterocycles. The zero-order valence-electron chi connectivity index (χ0n) is 22.2. The fourth-order valence-corrected chi connectivity index (χ4v) is 5.55. The molecule has 3 heterocycles. The predicted molar refractivity (Wildman–Crippen MR) is 155 cm³/mol. The van der Waals surface area contributed by atoms with Gasteiger partial charge in [0.15, 0.2) is 0 Å². The van der Waals surface area contributed by atoms with Gasteiger partial charge < -0.3 is 9.64 Å². The molecule has 0 aliphatic carbocycles. The zero-order chi connectivity index (χ0) is 25.8. The molecule has 7 heteroatoms. The van der Waals surface area contributed by atoms with Gasteiger partial charge in [-0.15, -0.1) is 0 Å². The molecule has 0 amide bonds. The molecule has 1 aliphatic heterocycles. The van der Waals surface area contributed by atoms with Crippen molar-refractivity contribution >= 4 is 24.8 Å². The summed E-state index contributed by atoms with van der Waals surface area (Å²) < 4.78 is 7.70. The number of piperidine rings is 1. The molecule has 0 radical (unpaired) electrons. The van der Waals surface area contributed by atoms with E-state index in [1.165, 1.54) is 6.42 Å². The Labute approximate surface area is 220 Å². The van der Waals surface area contributed by atoms with Gasteiger partial charge >= 0.3 is 0 Å². The average Bonchev–Trinajstić information content (AvgIpc) is 3.39. The molecule has 0 atom stereocenters. The number of aromatic nitrogens is 3. The smallest absolute Gasteiger partial charge is 0.139 e. The first-order valence-electron chi connectivity index (χ1n) is 13.3. The second-order valence-corrected chi connectivity index (χ2v) is 16.8. The fourth-order valence-electron chi connectivity index (χ4n) is 4.79. The highest BCUT2D eigenvalue weighted by Crippen LogP contribution is 2.29. The molecule has 2 aromatic carbocycles. The van der Waals surface area contributed by atoms with Crippen LogP contribution in [0.25, 0.3) is 33.2 Å². The van der Waals surface area contributed by atoms with Crippen LogP contribution in [0.2, 0.25) is 25.7 Å². The highest BCUT2D eigenvalue weighted by Gasteiger charge is 2.18. The first kappa shape index (κ1) is 25.4. The molecule has 37 heavy (non-hydrogen) atoms. The van der Waals surface area contributed by atoms with Crippen LogP contribution in [0.3, 0.4) is 0 Å². The van der Waals surface area contributed by atoms with Gasteiger partial charge in [-0.2, -0.15) is 5.10 Å². The maximum Gasteiger partial charge on any atom is 0.139 e. The van der Waals surface area contributed by atoms with Crippen molar-refractivity contribution in [1.29, 1.82) is 5.41 Å². The number of pyridine rings is 1. The van der Waals surface area contributed by atoms with E-state index in [4.69, 9.17) is 10.1 Å². The van der Waals surface area contributed by atoms with Crippen LogP contribution in [0.15, 0.2) is 67.1 Å². The monoisotopic (exact) mass is 511 g/mol. The summed E-state index contributed by atoms with van der Waals surface area (Å²) in [5.74, 6) is 0.612. The minimum atomic E-state index is -1.08. The van der Waals surface area contributed by atoms with Crippen molar-refractivity contribution in [3.8, 4) is 22.3 Å². The van der Waals surface area contributed by atoms with E-state index in [9.17, 15) is 0 Å². The minimum Gasteiger partial charge on any atom is -0.360 e. The fraction of sp³-hybridized carbons (Fsp3) is 0.367. The summed E-state index contributed by atoms with van der Waals surface area (Å²) in [7, 11) is -1.08. The highest BCUT2D eigenvalue weighted by atomic mass is 28.3. The minimum absolute atomic E-state index is 0.489. The number of hydrogen-bond acceptors (Lipinski definition) is 4. The summed E-state index contributed by atoms with van der Waals surface area (Å²) in [5, 5.41) is 14.4. The molecule has 5 rings (SSSR count). The number of likely N-dealkylation sites (tertiary alicyclic amines) is 1. The zero-order valence-corrected chi connectivity index (χ0v) is 23.2. The Morgan fingerprint density at radius 3 is 2.35 bits per heavy atom. The van der Waals surface area contributed by atoms with Gasteiger partial charge in [0, 0.05) is 56.7 Å². The van der Waals surface area contributed by atoms with Crippen LogP contribution in [0.1, 0.15) is 24.8 Å².